The van der Waals surface area contributed by atoms with Crippen molar-refractivity contribution < 1.29 is 14.3 Å². The summed E-state index contributed by atoms with van der Waals surface area (Å²) in [5.74, 6) is 1.20. The number of carbonyl (C=O) groups excluding carboxylic acids is 1. The normalized spacial score (nSPS) is 14.4. The Labute approximate surface area is 124 Å². The van der Waals surface area contributed by atoms with E-state index in [9.17, 15) is 4.79 Å². The van der Waals surface area contributed by atoms with Gasteiger partial charge in [-0.3, -0.25) is 4.79 Å². The Morgan fingerprint density at radius 3 is 2.71 bits per heavy atom. The van der Waals surface area contributed by atoms with Gasteiger partial charge in [0.15, 0.2) is 0 Å². The van der Waals surface area contributed by atoms with Crippen LogP contribution in [0.4, 0.5) is 0 Å². The highest BCUT2D eigenvalue weighted by Gasteiger charge is 2.15. The standard InChI is InChI=1S/C15H19N3O3/c1-20-13-8-12(11-16)9-14(10-13)21-7-2-15(19)18-5-3-17-4-6-18/h8-10,17H,2-7H2,1H3. The first kappa shape index (κ1) is 15.1. The molecule has 6 heteroatoms. The Morgan fingerprint density at radius 2 is 2.05 bits per heavy atom. The van der Waals surface area contributed by atoms with Gasteiger partial charge in [0.2, 0.25) is 5.91 Å². The van der Waals surface area contributed by atoms with Crippen molar-refractivity contribution >= 4 is 5.91 Å². The highest BCUT2D eigenvalue weighted by atomic mass is 16.5. The second-order valence-corrected chi connectivity index (χ2v) is 4.74. The lowest BCUT2D eigenvalue weighted by atomic mass is 10.2. The Balaban J connectivity index is 1.85. The molecule has 1 heterocycles. The fourth-order valence-electron chi connectivity index (χ4n) is 2.17. The van der Waals surface area contributed by atoms with Gasteiger partial charge in [0.1, 0.15) is 11.5 Å². The summed E-state index contributed by atoms with van der Waals surface area (Å²) < 4.78 is 10.7. The number of nitriles is 1. The number of nitrogens with zero attached hydrogens (tertiary/aromatic N) is 2. The monoisotopic (exact) mass is 289 g/mol. The summed E-state index contributed by atoms with van der Waals surface area (Å²) in [7, 11) is 1.54. The molecule has 0 spiro atoms. The molecule has 1 fully saturated rings. The van der Waals surface area contributed by atoms with Crippen LogP contribution in [0.3, 0.4) is 0 Å². The Kier molecular flexibility index (Phi) is 5.41. The fourth-order valence-corrected chi connectivity index (χ4v) is 2.17. The molecule has 1 aromatic carbocycles. The number of hydrogen-bond acceptors (Lipinski definition) is 5. The molecule has 1 N–H and O–H groups in total. The third kappa shape index (κ3) is 4.36. The maximum atomic E-state index is 12.0. The molecule has 21 heavy (non-hydrogen) atoms. The molecule has 0 radical (unpaired) electrons. The minimum absolute atomic E-state index is 0.0971. The summed E-state index contributed by atoms with van der Waals surface area (Å²) >= 11 is 0. The number of benzene rings is 1. The second kappa shape index (κ2) is 7.50. The summed E-state index contributed by atoms with van der Waals surface area (Å²) in [5, 5.41) is 12.1. The van der Waals surface area contributed by atoms with Crippen molar-refractivity contribution in [2.45, 2.75) is 6.42 Å². The largest absolute Gasteiger partial charge is 0.497 e. The first-order valence-electron chi connectivity index (χ1n) is 6.93. The molecule has 1 saturated heterocycles. The van der Waals surface area contributed by atoms with E-state index in [0.29, 0.717) is 30.1 Å². The molecule has 6 nitrogen and oxygen atoms in total. The minimum Gasteiger partial charge on any atom is -0.497 e. The molecule has 0 unspecified atom stereocenters. The van der Waals surface area contributed by atoms with Crippen LogP contribution in [0.25, 0.3) is 0 Å². The van der Waals surface area contributed by atoms with Gasteiger partial charge in [0, 0.05) is 32.2 Å². The zero-order valence-corrected chi connectivity index (χ0v) is 12.1. The number of rotatable bonds is 5. The lowest BCUT2D eigenvalue weighted by Crippen LogP contribution is -2.46. The van der Waals surface area contributed by atoms with Gasteiger partial charge < -0.3 is 19.7 Å². The quantitative estimate of drug-likeness (QED) is 0.866. The fraction of sp³-hybridized carbons (Fsp3) is 0.467. The Morgan fingerprint density at radius 1 is 1.33 bits per heavy atom. The highest BCUT2D eigenvalue weighted by molar-refractivity contribution is 5.76. The number of amides is 1. The van der Waals surface area contributed by atoms with E-state index in [1.165, 1.54) is 7.11 Å². The highest BCUT2D eigenvalue weighted by Crippen LogP contribution is 2.22. The zero-order valence-electron chi connectivity index (χ0n) is 12.1. The number of hydrogen-bond donors (Lipinski definition) is 1. The number of carbonyl (C=O) groups is 1. The molecule has 1 aliphatic heterocycles. The van der Waals surface area contributed by atoms with Gasteiger partial charge >= 0.3 is 0 Å². The third-order valence-corrected chi connectivity index (χ3v) is 3.30. The van der Waals surface area contributed by atoms with Crippen LogP contribution in [-0.2, 0) is 4.79 Å². The van der Waals surface area contributed by atoms with Crippen LogP contribution in [0.2, 0.25) is 0 Å². The molecular formula is C15H19N3O3. The van der Waals surface area contributed by atoms with Gasteiger partial charge in [-0.05, 0) is 12.1 Å². The van der Waals surface area contributed by atoms with Crippen LogP contribution in [0.1, 0.15) is 12.0 Å². The molecule has 1 aliphatic rings. The summed E-state index contributed by atoms with van der Waals surface area (Å²) in [6.45, 7) is 3.47. The van der Waals surface area contributed by atoms with E-state index in [-0.39, 0.29) is 5.91 Å². The maximum Gasteiger partial charge on any atom is 0.226 e. The molecular weight excluding hydrogens is 270 g/mol. The third-order valence-electron chi connectivity index (χ3n) is 3.30. The topological polar surface area (TPSA) is 74.6 Å². The summed E-state index contributed by atoms with van der Waals surface area (Å²) in [4.78, 5) is 13.8. The van der Waals surface area contributed by atoms with E-state index in [0.717, 1.165) is 26.2 Å². The van der Waals surface area contributed by atoms with Crippen molar-refractivity contribution in [3.8, 4) is 17.6 Å². The van der Waals surface area contributed by atoms with Crippen molar-refractivity contribution in [3.05, 3.63) is 23.8 Å². The first-order chi connectivity index (χ1) is 10.2. The lowest BCUT2D eigenvalue weighted by Gasteiger charge is -2.27. The first-order valence-corrected chi connectivity index (χ1v) is 6.93. The van der Waals surface area contributed by atoms with E-state index in [1.54, 1.807) is 18.2 Å². The molecule has 112 valence electrons. The van der Waals surface area contributed by atoms with Gasteiger partial charge in [-0.1, -0.05) is 0 Å². The molecule has 0 aliphatic carbocycles. The molecule has 1 aromatic rings. The number of methoxy groups -OCH3 is 1. The molecule has 1 amide bonds. The van der Waals surface area contributed by atoms with Crippen molar-refractivity contribution in [2.75, 3.05) is 39.9 Å². The number of ether oxygens (including phenoxy) is 2. The van der Waals surface area contributed by atoms with E-state index >= 15 is 0 Å². The molecule has 0 atom stereocenters. The van der Waals surface area contributed by atoms with Gasteiger partial charge in [-0.15, -0.1) is 0 Å². The summed E-state index contributed by atoms with van der Waals surface area (Å²) in [6.07, 6.45) is 0.332. The van der Waals surface area contributed by atoms with Crippen molar-refractivity contribution in [1.29, 1.82) is 5.26 Å². The predicted octanol–water partition coefficient (Wildman–Crippen LogP) is 0.768. The van der Waals surface area contributed by atoms with E-state index in [4.69, 9.17) is 14.7 Å². The van der Waals surface area contributed by atoms with Crippen LogP contribution >= 0.6 is 0 Å². The van der Waals surface area contributed by atoms with E-state index in [2.05, 4.69) is 11.4 Å². The number of nitrogens with one attached hydrogen (secondary N) is 1. The van der Waals surface area contributed by atoms with Crippen LogP contribution in [-0.4, -0.2) is 50.7 Å². The summed E-state index contributed by atoms with van der Waals surface area (Å²) in [6, 6.07) is 7.03. The van der Waals surface area contributed by atoms with E-state index < -0.39 is 0 Å². The average Bonchev–Trinajstić information content (AvgIpc) is 2.55. The smallest absolute Gasteiger partial charge is 0.226 e. The molecule has 0 aromatic heterocycles. The van der Waals surface area contributed by atoms with Gasteiger partial charge in [0.25, 0.3) is 0 Å². The molecule has 0 saturated carbocycles. The second-order valence-electron chi connectivity index (χ2n) is 4.74. The number of piperazine rings is 1. The lowest BCUT2D eigenvalue weighted by molar-refractivity contribution is -0.132. The average molecular weight is 289 g/mol. The minimum atomic E-state index is 0.0971. The van der Waals surface area contributed by atoms with Crippen LogP contribution in [0.5, 0.6) is 11.5 Å². The van der Waals surface area contributed by atoms with Crippen LogP contribution in [0, 0.1) is 11.3 Å². The van der Waals surface area contributed by atoms with Crippen molar-refractivity contribution in [2.24, 2.45) is 0 Å². The SMILES string of the molecule is COc1cc(C#N)cc(OCCC(=O)N2CCNCC2)c1. The Hall–Kier alpha value is -2.26. The van der Waals surface area contributed by atoms with Crippen LogP contribution in [0.15, 0.2) is 18.2 Å². The van der Waals surface area contributed by atoms with Gasteiger partial charge in [-0.25, -0.2) is 0 Å². The summed E-state index contributed by atoms with van der Waals surface area (Å²) in [5.41, 5.74) is 0.470. The Bertz CT molecular complexity index is 533. The van der Waals surface area contributed by atoms with Crippen molar-refractivity contribution in [3.63, 3.8) is 0 Å². The molecule has 0 bridgehead atoms. The molecule has 2 rings (SSSR count). The maximum absolute atomic E-state index is 12.0. The van der Waals surface area contributed by atoms with Crippen LogP contribution < -0.4 is 14.8 Å². The van der Waals surface area contributed by atoms with Crippen molar-refractivity contribution in [1.82, 2.24) is 10.2 Å². The van der Waals surface area contributed by atoms with Gasteiger partial charge in [0.05, 0.1) is 31.8 Å². The van der Waals surface area contributed by atoms with E-state index in [1.807, 2.05) is 4.90 Å². The zero-order chi connectivity index (χ0) is 15.1. The van der Waals surface area contributed by atoms with Gasteiger partial charge in [-0.2, -0.15) is 5.26 Å². The predicted molar refractivity (Wildman–Crippen MR) is 77.3 cm³/mol.